The number of hydrogen-bond acceptors (Lipinski definition) is 3. The Hall–Kier alpha value is -2.33. The molecule has 0 N–H and O–H groups in total. The summed E-state index contributed by atoms with van der Waals surface area (Å²) >= 11 is 6.29. The topological polar surface area (TPSA) is 46.6 Å². The Labute approximate surface area is 152 Å². The summed E-state index contributed by atoms with van der Waals surface area (Å²) < 4.78 is 5.59. The Kier molecular flexibility index (Phi) is 5.39. The first-order valence-corrected chi connectivity index (χ1v) is 8.72. The van der Waals surface area contributed by atoms with Gasteiger partial charge in [0.05, 0.1) is 6.04 Å². The summed E-state index contributed by atoms with van der Waals surface area (Å²) in [5.41, 5.74) is 1.61. The minimum atomic E-state index is -0.0573. The Bertz CT molecular complexity index is 773. The SMILES string of the molecule is CC(=O)c1ccc(OCC(=O)N2CCCC2c2ccccc2Cl)cc1. The molecule has 4 nitrogen and oxygen atoms in total. The normalized spacial score (nSPS) is 16.7. The molecule has 5 heteroatoms. The van der Waals surface area contributed by atoms with E-state index < -0.39 is 0 Å². The lowest BCUT2D eigenvalue weighted by Gasteiger charge is -2.25. The van der Waals surface area contributed by atoms with Crippen molar-refractivity contribution in [1.29, 1.82) is 0 Å². The Morgan fingerprint density at radius 1 is 1.16 bits per heavy atom. The van der Waals surface area contributed by atoms with E-state index >= 15 is 0 Å². The fourth-order valence-corrected chi connectivity index (χ4v) is 3.41. The number of hydrogen-bond donors (Lipinski definition) is 0. The highest BCUT2D eigenvalue weighted by Gasteiger charge is 2.31. The average Bonchev–Trinajstić information content (AvgIpc) is 3.10. The summed E-state index contributed by atoms with van der Waals surface area (Å²) in [4.78, 5) is 25.7. The number of carbonyl (C=O) groups is 2. The maximum Gasteiger partial charge on any atom is 0.261 e. The van der Waals surface area contributed by atoms with Gasteiger partial charge in [0, 0.05) is 17.1 Å². The van der Waals surface area contributed by atoms with Gasteiger partial charge in [-0.15, -0.1) is 0 Å². The lowest BCUT2D eigenvalue weighted by Crippen LogP contribution is -2.34. The molecule has 1 unspecified atom stereocenters. The van der Waals surface area contributed by atoms with E-state index in [1.165, 1.54) is 6.92 Å². The second-order valence-corrected chi connectivity index (χ2v) is 6.54. The molecule has 25 heavy (non-hydrogen) atoms. The minimum Gasteiger partial charge on any atom is -0.484 e. The molecule has 1 fully saturated rings. The van der Waals surface area contributed by atoms with Crippen LogP contribution >= 0.6 is 11.6 Å². The van der Waals surface area contributed by atoms with Gasteiger partial charge < -0.3 is 9.64 Å². The summed E-state index contributed by atoms with van der Waals surface area (Å²) in [5, 5.41) is 0.688. The first kappa shape index (κ1) is 17.5. The van der Waals surface area contributed by atoms with Crippen LogP contribution in [0.15, 0.2) is 48.5 Å². The highest BCUT2D eigenvalue weighted by atomic mass is 35.5. The van der Waals surface area contributed by atoms with E-state index in [2.05, 4.69) is 0 Å². The number of Topliss-reactive ketones (excluding diaryl/α,β-unsaturated/α-hetero) is 1. The number of rotatable bonds is 5. The second-order valence-electron chi connectivity index (χ2n) is 6.14. The van der Waals surface area contributed by atoms with E-state index in [1.54, 1.807) is 24.3 Å². The molecular weight excluding hydrogens is 338 g/mol. The van der Waals surface area contributed by atoms with Crippen molar-refractivity contribution in [2.24, 2.45) is 0 Å². The number of ether oxygens (including phenoxy) is 1. The van der Waals surface area contributed by atoms with Crippen molar-refractivity contribution in [2.75, 3.05) is 13.2 Å². The summed E-state index contributed by atoms with van der Waals surface area (Å²) in [6.45, 7) is 2.20. The molecule has 3 rings (SSSR count). The quantitative estimate of drug-likeness (QED) is 0.750. The molecule has 1 atom stereocenters. The molecule has 0 saturated carbocycles. The van der Waals surface area contributed by atoms with E-state index in [-0.39, 0.29) is 24.3 Å². The number of carbonyl (C=O) groups excluding carboxylic acids is 2. The standard InChI is InChI=1S/C20H20ClNO3/c1-14(23)15-8-10-16(11-9-15)25-13-20(24)22-12-4-7-19(22)17-5-2-3-6-18(17)21/h2-3,5-6,8-11,19H,4,7,12-13H2,1H3. The largest absolute Gasteiger partial charge is 0.484 e. The van der Waals surface area contributed by atoms with Crippen molar-refractivity contribution in [3.05, 3.63) is 64.7 Å². The molecular formula is C20H20ClNO3. The van der Waals surface area contributed by atoms with Gasteiger partial charge in [0.15, 0.2) is 12.4 Å². The molecule has 1 saturated heterocycles. The maximum absolute atomic E-state index is 12.6. The molecule has 1 heterocycles. The number of nitrogens with zero attached hydrogens (tertiary/aromatic N) is 1. The molecule has 2 aromatic carbocycles. The Morgan fingerprint density at radius 2 is 1.88 bits per heavy atom. The van der Waals surface area contributed by atoms with Crippen LogP contribution < -0.4 is 4.74 Å². The maximum atomic E-state index is 12.6. The summed E-state index contributed by atoms with van der Waals surface area (Å²) in [7, 11) is 0. The van der Waals surface area contributed by atoms with Crippen LogP contribution in [0.5, 0.6) is 5.75 Å². The molecule has 0 aromatic heterocycles. The zero-order chi connectivity index (χ0) is 17.8. The second kappa shape index (κ2) is 7.70. The van der Waals surface area contributed by atoms with E-state index in [1.807, 2.05) is 29.2 Å². The van der Waals surface area contributed by atoms with Gasteiger partial charge in [-0.25, -0.2) is 0 Å². The van der Waals surface area contributed by atoms with Crippen molar-refractivity contribution in [3.63, 3.8) is 0 Å². The van der Waals surface area contributed by atoms with Gasteiger partial charge >= 0.3 is 0 Å². The average molecular weight is 358 g/mol. The number of halogens is 1. The fourth-order valence-electron chi connectivity index (χ4n) is 3.15. The zero-order valence-corrected chi connectivity index (χ0v) is 14.8. The third kappa shape index (κ3) is 4.02. The van der Waals surface area contributed by atoms with Gasteiger partial charge in [-0.05, 0) is 55.7 Å². The molecule has 0 spiro atoms. The first-order valence-electron chi connectivity index (χ1n) is 8.34. The fraction of sp³-hybridized carbons (Fsp3) is 0.300. The van der Waals surface area contributed by atoms with Crippen LogP contribution in [0.4, 0.5) is 0 Å². The molecule has 0 bridgehead atoms. The predicted octanol–water partition coefficient (Wildman–Crippen LogP) is 4.29. The molecule has 1 amide bonds. The van der Waals surface area contributed by atoms with Gasteiger partial charge in [-0.2, -0.15) is 0 Å². The van der Waals surface area contributed by atoms with E-state index in [9.17, 15) is 9.59 Å². The molecule has 0 radical (unpaired) electrons. The number of likely N-dealkylation sites (tertiary alicyclic amines) is 1. The van der Waals surface area contributed by atoms with Crippen molar-refractivity contribution in [2.45, 2.75) is 25.8 Å². The molecule has 1 aliphatic heterocycles. The highest BCUT2D eigenvalue weighted by Crippen LogP contribution is 2.35. The third-order valence-electron chi connectivity index (χ3n) is 4.46. The Morgan fingerprint density at radius 3 is 2.56 bits per heavy atom. The Balaban J connectivity index is 1.64. The van der Waals surface area contributed by atoms with Crippen LogP contribution in [0.3, 0.4) is 0 Å². The lowest BCUT2D eigenvalue weighted by atomic mass is 10.0. The lowest BCUT2D eigenvalue weighted by molar-refractivity contribution is -0.134. The number of amides is 1. The number of benzene rings is 2. The van der Waals surface area contributed by atoms with Crippen molar-refractivity contribution < 1.29 is 14.3 Å². The van der Waals surface area contributed by atoms with E-state index in [4.69, 9.17) is 16.3 Å². The van der Waals surface area contributed by atoms with Gasteiger partial charge in [0.1, 0.15) is 5.75 Å². The van der Waals surface area contributed by atoms with Gasteiger partial charge in [-0.3, -0.25) is 9.59 Å². The highest BCUT2D eigenvalue weighted by molar-refractivity contribution is 6.31. The monoisotopic (exact) mass is 357 g/mol. The van der Waals surface area contributed by atoms with Crippen LogP contribution in [0.1, 0.15) is 41.7 Å². The summed E-state index contributed by atoms with van der Waals surface area (Å²) in [6, 6.07) is 14.5. The van der Waals surface area contributed by atoms with Gasteiger partial charge in [0.25, 0.3) is 5.91 Å². The molecule has 2 aromatic rings. The van der Waals surface area contributed by atoms with Gasteiger partial charge in [-0.1, -0.05) is 29.8 Å². The third-order valence-corrected chi connectivity index (χ3v) is 4.80. The van der Waals surface area contributed by atoms with Crippen LogP contribution in [0.25, 0.3) is 0 Å². The van der Waals surface area contributed by atoms with Crippen molar-refractivity contribution >= 4 is 23.3 Å². The predicted molar refractivity (Wildman–Crippen MR) is 97.1 cm³/mol. The zero-order valence-electron chi connectivity index (χ0n) is 14.1. The van der Waals surface area contributed by atoms with Crippen molar-refractivity contribution in [3.8, 4) is 5.75 Å². The van der Waals surface area contributed by atoms with Crippen LogP contribution in [-0.4, -0.2) is 29.7 Å². The van der Waals surface area contributed by atoms with E-state index in [0.29, 0.717) is 22.9 Å². The minimum absolute atomic E-state index is 0.00211. The van der Waals surface area contributed by atoms with E-state index in [0.717, 1.165) is 18.4 Å². The molecule has 130 valence electrons. The number of ketones is 1. The smallest absolute Gasteiger partial charge is 0.261 e. The molecule has 1 aliphatic rings. The van der Waals surface area contributed by atoms with Crippen LogP contribution in [0.2, 0.25) is 5.02 Å². The first-order chi connectivity index (χ1) is 12.1. The van der Waals surface area contributed by atoms with Crippen molar-refractivity contribution in [1.82, 2.24) is 4.90 Å². The van der Waals surface area contributed by atoms with Crippen LogP contribution in [0, 0.1) is 0 Å². The summed E-state index contributed by atoms with van der Waals surface area (Å²) in [6.07, 6.45) is 1.86. The molecule has 0 aliphatic carbocycles. The van der Waals surface area contributed by atoms with Crippen LogP contribution in [-0.2, 0) is 4.79 Å². The van der Waals surface area contributed by atoms with Gasteiger partial charge in [0.2, 0.25) is 0 Å². The summed E-state index contributed by atoms with van der Waals surface area (Å²) in [5.74, 6) is 0.521.